The second kappa shape index (κ2) is 7.94. The number of nitrogens with one attached hydrogen (secondary N) is 1. The van der Waals surface area contributed by atoms with Crippen LogP contribution < -0.4 is 4.90 Å². The summed E-state index contributed by atoms with van der Waals surface area (Å²) in [6.45, 7) is 2.18. The summed E-state index contributed by atoms with van der Waals surface area (Å²) in [5, 5.41) is 0.294. The van der Waals surface area contributed by atoms with Gasteiger partial charge in [0.15, 0.2) is 6.67 Å². The fourth-order valence-electron chi connectivity index (χ4n) is 3.96. The summed E-state index contributed by atoms with van der Waals surface area (Å²) >= 11 is 6.05. The fraction of sp³-hybridized carbons (Fsp3) is 0.526. The highest BCUT2D eigenvalue weighted by Gasteiger charge is 2.50. The van der Waals surface area contributed by atoms with Crippen molar-refractivity contribution < 1.29 is 23.7 Å². The molecule has 1 aliphatic carbocycles. The van der Waals surface area contributed by atoms with Crippen LogP contribution in [0.2, 0.25) is 5.02 Å². The molecule has 1 heterocycles. The number of nitrogens with zero attached hydrogens (tertiary/aromatic N) is 2. The maximum absolute atomic E-state index is 14.0. The number of halogens is 2. The third-order valence-electron chi connectivity index (χ3n) is 5.45. The zero-order valence-corrected chi connectivity index (χ0v) is 16.3. The van der Waals surface area contributed by atoms with Gasteiger partial charge in [0.05, 0.1) is 17.6 Å². The Hall–Kier alpha value is -1.99. The molecule has 0 aromatic heterocycles. The molecule has 1 aromatic rings. The lowest BCUT2D eigenvalue weighted by Gasteiger charge is -2.34. The third-order valence-corrected chi connectivity index (χ3v) is 5.80. The third kappa shape index (κ3) is 3.84. The Bertz CT molecular complexity index is 752. The molecule has 2 fully saturated rings. The summed E-state index contributed by atoms with van der Waals surface area (Å²) in [6.07, 6.45) is 3.68. The minimum absolute atomic E-state index is 0.0222. The zero-order valence-electron chi connectivity index (χ0n) is 15.5. The molecular formula is C19H24ClFN3O3+. The summed E-state index contributed by atoms with van der Waals surface area (Å²) in [7, 11) is 1.72. The highest BCUT2D eigenvalue weighted by molar-refractivity contribution is 6.44. The van der Waals surface area contributed by atoms with Crippen LogP contribution in [-0.2, 0) is 16.1 Å². The monoisotopic (exact) mass is 396 g/mol. The molecule has 1 saturated heterocycles. The van der Waals surface area contributed by atoms with E-state index in [2.05, 4.69) is 0 Å². The normalized spacial score (nSPS) is 24.7. The maximum atomic E-state index is 14.0. The number of urea groups is 1. The van der Waals surface area contributed by atoms with E-state index in [4.69, 9.17) is 11.6 Å². The Kier molecular flexibility index (Phi) is 5.81. The molecule has 1 N–H and O–H groups in total. The fourth-order valence-corrected chi connectivity index (χ4v) is 4.19. The lowest BCUT2D eigenvalue weighted by Crippen LogP contribution is -3.09. The van der Waals surface area contributed by atoms with Crippen molar-refractivity contribution in [3.8, 4) is 0 Å². The summed E-state index contributed by atoms with van der Waals surface area (Å²) in [6, 6.07) is 3.63. The van der Waals surface area contributed by atoms with Crippen LogP contribution in [0.4, 0.5) is 9.18 Å². The summed E-state index contributed by atoms with van der Waals surface area (Å²) < 4.78 is 14.0. The second-order valence-electron chi connectivity index (χ2n) is 7.51. The molecule has 146 valence electrons. The Morgan fingerprint density at radius 2 is 1.89 bits per heavy atom. The van der Waals surface area contributed by atoms with Crippen LogP contribution in [0.15, 0.2) is 18.2 Å². The van der Waals surface area contributed by atoms with Crippen molar-refractivity contribution in [1.82, 2.24) is 9.80 Å². The molecular weight excluding hydrogens is 373 g/mol. The van der Waals surface area contributed by atoms with Gasteiger partial charge in [-0.1, -0.05) is 37.4 Å². The Morgan fingerprint density at radius 1 is 1.19 bits per heavy atom. The molecule has 1 unspecified atom stereocenters. The Labute approximate surface area is 162 Å². The summed E-state index contributed by atoms with van der Waals surface area (Å²) in [5.74, 6) is -1.82. The summed E-state index contributed by atoms with van der Waals surface area (Å²) in [5.41, 5.74) is 0.319. The van der Waals surface area contributed by atoms with Gasteiger partial charge < -0.3 is 4.90 Å². The van der Waals surface area contributed by atoms with E-state index in [1.807, 2.05) is 6.92 Å². The van der Waals surface area contributed by atoms with Crippen molar-refractivity contribution in [3.63, 3.8) is 0 Å². The van der Waals surface area contributed by atoms with Crippen molar-refractivity contribution in [2.75, 3.05) is 13.7 Å². The number of carbonyl (C=O) groups is 3. The van der Waals surface area contributed by atoms with E-state index in [1.165, 1.54) is 12.1 Å². The molecule has 1 aliphatic heterocycles. The topological polar surface area (TPSA) is 62.1 Å². The highest BCUT2D eigenvalue weighted by atomic mass is 35.5. The smallest absolute Gasteiger partial charge is 0.316 e. The average molecular weight is 397 g/mol. The van der Waals surface area contributed by atoms with Crippen LogP contribution in [0.1, 0.15) is 38.2 Å². The SMILES string of the molecule is C[C@H]1CCCC[C@H]1N1C(=O)C(=O)N(C[NH+](C)Cc2c(F)cccc2Cl)C1=O. The number of amides is 4. The van der Waals surface area contributed by atoms with Gasteiger partial charge in [-0.3, -0.25) is 14.5 Å². The number of quaternary nitrogens is 1. The largest absolute Gasteiger partial charge is 0.338 e. The molecule has 4 amide bonds. The highest BCUT2D eigenvalue weighted by Crippen LogP contribution is 2.31. The molecule has 8 heteroatoms. The number of hydrogen-bond acceptors (Lipinski definition) is 3. The Morgan fingerprint density at radius 3 is 2.56 bits per heavy atom. The van der Waals surface area contributed by atoms with Gasteiger partial charge in [-0.05, 0) is 30.9 Å². The predicted octanol–water partition coefficient (Wildman–Crippen LogP) is 1.82. The molecule has 3 rings (SSSR count). The number of imide groups is 2. The van der Waals surface area contributed by atoms with Gasteiger partial charge in [-0.2, -0.15) is 0 Å². The first-order chi connectivity index (χ1) is 12.8. The number of hydrogen-bond donors (Lipinski definition) is 1. The van der Waals surface area contributed by atoms with Crippen LogP contribution in [0.3, 0.4) is 0 Å². The number of rotatable bonds is 5. The lowest BCUT2D eigenvalue weighted by molar-refractivity contribution is -0.901. The molecule has 0 bridgehead atoms. The quantitative estimate of drug-likeness (QED) is 0.610. The Balaban J connectivity index is 1.72. The first-order valence-electron chi connectivity index (χ1n) is 9.24. The van der Waals surface area contributed by atoms with Gasteiger partial charge in [0.1, 0.15) is 12.4 Å². The first kappa shape index (κ1) is 19.8. The standard InChI is InChI=1S/C19H23ClFN3O3/c1-12-6-3-4-9-16(12)24-18(26)17(25)23(19(24)27)11-22(2)10-13-14(20)7-5-8-15(13)21/h5,7-8,12,16H,3-4,6,9-11H2,1-2H3/p+1/t12-,16+/m0/s1. The minimum Gasteiger partial charge on any atom is -0.316 e. The molecule has 1 aromatic carbocycles. The lowest BCUT2D eigenvalue weighted by atomic mass is 9.85. The number of carbonyl (C=O) groups excluding carboxylic acids is 3. The van der Waals surface area contributed by atoms with E-state index in [-0.39, 0.29) is 25.2 Å². The van der Waals surface area contributed by atoms with Crippen molar-refractivity contribution in [2.45, 2.75) is 45.2 Å². The van der Waals surface area contributed by atoms with E-state index in [1.54, 1.807) is 13.1 Å². The van der Waals surface area contributed by atoms with Crippen molar-refractivity contribution in [3.05, 3.63) is 34.6 Å². The molecule has 2 aliphatic rings. The predicted molar refractivity (Wildman–Crippen MR) is 97.4 cm³/mol. The van der Waals surface area contributed by atoms with Gasteiger partial charge in [0.25, 0.3) is 0 Å². The minimum atomic E-state index is -0.809. The average Bonchev–Trinajstić information content (AvgIpc) is 2.83. The van der Waals surface area contributed by atoms with Crippen LogP contribution >= 0.6 is 11.6 Å². The van der Waals surface area contributed by atoms with Crippen LogP contribution in [0.25, 0.3) is 0 Å². The van der Waals surface area contributed by atoms with E-state index >= 15 is 0 Å². The van der Waals surface area contributed by atoms with E-state index in [9.17, 15) is 18.8 Å². The van der Waals surface area contributed by atoms with Crippen LogP contribution in [0, 0.1) is 11.7 Å². The van der Waals surface area contributed by atoms with Crippen LogP contribution in [0.5, 0.6) is 0 Å². The van der Waals surface area contributed by atoms with E-state index < -0.39 is 23.7 Å². The van der Waals surface area contributed by atoms with Crippen molar-refractivity contribution in [2.24, 2.45) is 5.92 Å². The molecule has 6 nitrogen and oxygen atoms in total. The van der Waals surface area contributed by atoms with E-state index in [0.717, 1.165) is 35.5 Å². The first-order valence-corrected chi connectivity index (χ1v) is 9.62. The number of benzene rings is 1. The van der Waals surface area contributed by atoms with Gasteiger partial charge in [0, 0.05) is 6.04 Å². The molecule has 0 radical (unpaired) electrons. The van der Waals surface area contributed by atoms with E-state index in [0.29, 0.717) is 15.5 Å². The van der Waals surface area contributed by atoms with Crippen molar-refractivity contribution >= 4 is 29.4 Å². The van der Waals surface area contributed by atoms with Crippen LogP contribution in [-0.4, -0.2) is 47.4 Å². The van der Waals surface area contributed by atoms with Gasteiger partial charge >= 0.3 is 17.8 Å². The molecule has 27 heavy (non-hydrogen) atoms. The maximum Gasteiger partial charge on any atom is 0.338 e. The summed E-state index contributed by atoms with van der Waals surface area (Å²) in [4.78, 5) is 40.4. The molecule has 1 saturated carbocycles. The van der Waals surface area contributed by atoms with Gasteiger partial charge in [-0.25, -0.2) is 14.1 Å². The van der Waals surface area contributed by atoms with Crippen molar-refractivity contribution in [1.29, 1.82) is 0 Å². The molecule has 0 spiro atoms. The molecule has 3 atom stereocenters. The zero-order chi connectivity index (χ0) is 19.7. The van der Waals surface area contributed by atoms with Gasteiger partial charge in [-0.15, -0.1) is 0 Å². The second-order valence-corrected chi connectivity index (χ2v) is 7.92. The van der Waals surface area contributed by atoms with Gasteiger partial charge in [0.2, 0.25) is 0 Å².